The molecule has 0 aromatic heterocycles. The number of hydrogen-bond acceptors (Lipinski definition) is 3. The van der Waals surface area contributed by atoms with E-state index in [0.29, 0.717) is 13.0 Å². The van der Waals surface area contributed by atoms with Crippen molar-refractivity contribution in [2.24, 2.45) is 5.92 Å². The van der Waals surface area contributed by atoms with Crippen LogP contribution in [0.15, 0.2) is 18.2 Å². The maximum Gasteiger partial charge on any atom is 0.242 e. The molecule has 1 aromatic carbocycles. The lowest BCUT2D eigenvalue weighted by Crippen LogP contribution is -2.49. The maximum absolute atomic E-state index is 13.2. The zero-order valence-electron chi connectivity index (χ0n) is 14.8. The molecule has 0 spiro atoms. The van der Waals surface area contributed by atoms with Gasteiger partial charge in [0.15, 0.2) is 0 Å². The lowest BCUT2D eigenvalue weighted by Gasteiger charge is -2.21. The standard InChI is InChI=1S/C18H23F2N3O3/c1-10-3-15(8-16(24)21-9-10)23-18(26)11(2)22-17(25)6-12-4-13(19)7-14(20)5-12/h4-5,7,10-11,15H,3,6,8-9H2,1-2H3,(H,21,24)(H,22,25)(H,23,26)/t10?,11-,15?/m0/s1. The third-order valence-corrected chi connectivity index (χ3v) is 4.17. The highest BCUT2D eigenvalue weighted by molar-refractivity contribution is 5.88. The molecule has 8 heteroatoms. The number of carbonyl (C=O) groups excluding carboxylic acids is 3. The van der Waals surface area contributed by atoms with Crippen LogP contribution in [0.5, 0.6) is 0 Å². The molecule has 1 heterocycles. The first-order chi connectivity index (χ1) is 12.2. The summed E-state index contributed by atoms with van der Waals surface area (Å²) < 4.78 is 26.3. The zero-order chi connectivity index (χ0) is 19.3. The fraction of sp³-hybridized carbons (Fsp3) is 0.500. The molecule has 1 aliphatic rings. The molecule has 2 rings (SSSR count). The molecule has 3 N–H and O–H groups in total. The van der Waals surface area contributed by atoms with Crippen molar-refractivity contribution < 1.29 is 23.2 Å². The molecule has 2 unspecified atom stereocenters. The van der Waals surface area contributed by atoms with Crippen LogP contribution in [0, 0.1) is 17.6 Å². The van der Waals surface area contributed by atoms with Crippen molar-refractivity contribution in [3.05, 3.63) is 35.4 Å². The number of halogens is 2. The number of carbonyl (C=O) groups is 3. The van der Waals surface area contributed by atoms with E-state index in [4.69, 9.17) is 0 Å². The summed E-state index contributed by atoms with van der Waals surface area (Å²) in [6.07, 6.45) is 0.613. The number of benzene rings is 1. The van der Waals surface area contributed by atoms with Gasteiger partial charge in [0.05, 0.1) is 6.42 Å². The van der Waals surface area contributed by atoms with Gasteiger partial charge in [-0.25, -0.2) is 8.78 Å². The van der Waals surface area contributed by atoms with Crippen molar-refractivity contribution in [1.29, 1.82) is 0 Å². The lowest BCUT2D eigenvalue weighted by atomic mass is 10.0. The smallest absolute Gasteiger partial charge is 0.242 e. The Morgan fingerprint density at radius 1 is 1.27 bits per heavy atom. The largest absolute Gasteiger partial charge is 0.356 e. The highest BCUT2D eigenvalue weighted by atomic mass is 19.1. The number of nitrogens with one attached hydrogen (secondary N) is 3. The molecule has 3 amide bonds. The van der Waals surface area contributed by atoms with Crippen LogP contribution >= 0.6 is 0 Å². The van der Waals surface area contributed by atoms with Gasteiger partial charge < -0.3 is 16.0 Å². The van der Waals surface area contributed by atoms with Crippen LogP contribution in [-0.4, -0.2) is 36.3 Å². The second-order valence-electron chi connectivity index (χ2n) is 6.80. The first-order valence-electron chi connectivity index (χ1n) is 8.54. The fourth-order valence-corrected chi connectivity index (χ4v) is 2.93. The summed E-state index contributed by atoms with van der Waals surface area (Å²) in [4.78, 5) is 35.9. The van der Waals surface area contributed by atoms with E-state index in [9.17, 15) is 23.2 Å². The van der Waals surface area contributed by atoms with E-state index < -0.39 is 29.5 Å². The number of hydrogen-bond donors (Lipinski definition) is 3. The van der Waals surface area contributed by atoms with E-state index in [1.54, 1.807) is 0 Å². The predicted octanol–water partition coefficient (Wildman–Crippen LogP) is 1.04. The Hall–Kier alpha value is -2.51. The van der Waals surface area contributed by atoms with Gasteiger partial charge in [0.1, 0.15) is 17.7 Å². The van der Waals surface area contributed by atoms with Crippen molar-refractivity contribution in [3.63, 3.8) is 0 Å². The van der Waals surface area contributed by atoms with Crippen LogP contribution in [0.4, 0.5) is 8.78 Å². The van der Waals surface area contributed by atoms with Crippen LogP contribution in [0.1, 0.15) is 32.3 Å². The van der Waals surface area contributed by atoms with Gasteiger partial charge >= 0.3 is 0 Å². The number of rotatable bonds is 5. The van der Waals surface area contributed by atoms with Crippen molar-refractivity contribution >= 4 is 17.7 Å². The minimum absolute atomic E-state index is 0.121. The second-order valence-corrected chi connectivity index (χ2v) is 6.80. The Morgan fingerprint density at radius 2 is 1.92 bits per heavy atom. The van der Waals surface area contributed by atoms with Gasteiger partial charge in [0, 0.05) is 25.1 Å². The predicted molar refractivity (Wildman–Crippen MR) is 91.0 cm³/mol. The van der Waals surface area contributed by atoms with E-state index in [1.807, 2.05) is 6.92 Å². The summed E-state index contributed by atoms with van der Waals surface area (Å²) in [6.45, 7) is 4.06. The Kier molecular flexibility index (Phi) is 6.65. The van der Waals surface area contributed by atoms with Gasteiger partial charge in [-0.3, -0.25) is 14.4 Å². The van der Waals surface area contributed by atoms with Gasteiger partial charge in [-0.15, -0.1) is 0 Å². The highest BCUT2D eigenvalue weighted by Crippen LogP contribution is 2.12. The molecule has 6 nitrogen and oxygen atoms in total. The molecular weight excluding hydrogens is 344 g/mol. The van der Waals surface area contributed by atoms with Crippen LogP contribution in [0.2, 0.25) is 0 Å². The van der Waals surface area contributed by atoms with Gasteiger partial charge in [-0.1, -0.05) is 6.92 Å². The highest BCUT2D eigenvalue weighted by Gasteiger charge is 2.25. The molecule has 0 radical (unpaired) electrons. The normalized spacial score (nSPS) is 21.3. The third-order valence-electron chi connectivity index (χ3n) is 4.17. The summed E-state index contributed by atoms with van der Waals surface area (Å²) in [6, 6.07) is 1.73. The summed E-state index contributed by atoms with van der Waals surface area (Å²) in [5.74, 6) is -2.34. The molecular formula is C18H23F2N3O3. The van der Waals surface area contributed by atoms with Crippen molar-refractivity contribution in [3.8, 4) is 0 Å². The average Bonchev–Trinajstić information content (AvgIpc) is 2.66. The minimum Gasteiger partial charge on any atom is -0.356 e. The van der Waals surface area contributed by atoms with E-state index >= 15 is 0 Å². The Morgan fingerprint density at radius 3 is 2.58 bits per heavy atom. The molecule has 0 saturated carbocycles. The van der Waals surface area contributed by atoms with E-state index in [-0.39, 0.29) is 36.3 Å². The molecule has 26 heavy (non-hydrogen) atoms. The van der Waals surface area contributed by atoms with Crippen LogP contribution in [0.25, 0.3) is 0 Å². The Bertz CT molecular complexity index is 676. The molecule has 0 aliphatic carbocycles. The van der Waals surface area contributed by atoms with Crippen LogP contribution in [0.3, 0.4) is 0 Å². The summed E-state index contributed by atoms with van der Waals surface area (Å²) >= 11 is 0. The maximum atomic E-state index is 13.2. The number of amides is 3. The molecule has 142 valence electrons. The van der Waals surface area contributed by atoms with Crippen molar-refractivity contribution in [2.75, 3.05) is 6.54 Å². The molecule has 1 saturated heterocycles. The van der Waals surface area contributed by atoms with Crippen molar-refractivity contribution in [1.82, 2.24) is 16.0 Å². The third kappa shape index (κ3) is 6.09. The zero-order valence-corrected chi connectivity index (χ0v) is 14.8. The van der Waals surface area contributed by atoms with Gasteiger partial charge in [0.25, 0.3) is 0 Å². The van der Waals surface area contributed by atoms with E-state index in [1.165, 1.54) is 6.92 Å². The first-order valence-corrected chi connectivity index (χ1v) is 8.54. The Labute approximate surface area is 150 Å². The molecule has 1 aliphatic heterocycles. The lowest BCUT2D eigenvalue weighted by molar-refractivity contribution is -0.129. The first kappa shape index (κ1) is 19.8. The Balaban J connectivity index is 1.87. The second kappa shape index (κ2) is 8.73. The van der Waals surface area contributed by atoms with Gasteiger partial charge in [0.2, 0.25) is 17.7 Å². The fourth-order valence-electron chi connectivity index (χ4n) is 2.93. The van der Waals surface area contributed by atoms with Crippen molar-refractivity contribution in [2.45, 2.75) is 45.2 Å². The summed E-state index contributed by atoms with van der Waals surface area (Å²) in [5, 5.41) is 8.04. The topological polar surface area (TPSA) is 87.3 Å². The molecule has 1 aromatic rings. The minimum atomic E-state index is -0.831. The van der Waals surface area contributed by atoms with E-state index in [0.717, 1.165) is 18.2 Å². The quantitative estimate of drug-likeness (QED) is 0.727. The monoisotopic (exact) mass is 367 g/mol. The van der Waals surface area contributed by atoms with Gasteiger partial charge in [-0.05, 0) is 37.0 Å². The SMILES string of the molecule is CC1CNC(=O)CC(NC(=O)[C@H](C)NC(=O)Cc2cc(F)cc(F)c2)C1. The van der Waals surface area contributed by atoms with Crippen LogP contribution < -0.4 is 16.0 Å². The molecule has 1 fully saturated rings. The summed E-state index contributed by atoms with van der Waals surface area (Å²) in [7, 11) is 0. The van der Waals surface area contributed by atoms with E-state index in [2.05, 4.69) is 16.0 Å². The average molecular weight is 367 g/mol. The molecule has 3 atom stereocenters. The van der Waals surface area contributed by atoms with Crippen LogP contribution in [-0.2, 0) is 20.8 Å². The molecule has 0 bridgehead atoms. The summed E-state index contributed by atoms with van der Waals surface area (Å²) in [5.41, 5.74) is 0.182. The van der Waals surface area contributed by atoms with Gasteiger partial charge in [-0.2, -0.15) is 0 Å².